The summed E-state index contributed by atoms with van der Waals surface area (Å²) in [6.45, 7) is 1.71. The lowest BCUT2D eigenvalue weighted by Gasteiger charge is -2.18. The molecule has 0 spiro atoms. The van der Waals surface area contributed by atoms with Crippen LogP contribution < -0.4 is 16.6 Å². The molecule has 0 radical (unpaired) electrons. The molecule has 0 saturated heterocycles. The van der Waals surface area contributed by atoms with Gasteiger partial charge in [-0.2, -0.15) is 5.10 Å². The summed E-state index contributed by atoms with van der Waals surface area (Å²) in [5.41, 5.74) is 6.98. The van der Waals surface area contributed by atoms with Gasteiger partial charge in [0.1, 0.15) is 22.5 Å². The summed E-state index contributed by atoms with van der Waals surface area (Å²) in [7, 11) is 0. The van der Waals surface area contributed by atoms with Crippen molar-refractivity contribution in [3.63, 3.8) is 0 Å². The summed E-state index contributed by atoms with van der Waals surface area (Å²) in [5, 5.41) is 13.8. The van der Waals surface area contributed by atoms with Gasteiger partial charge < -0.3 is 11.1 Å². The zero-order valence-corrected chi connectivity index (χ0v) is 17.4. The monoisotopic (exact) mass is 439 g/mol. The standard InChI is InChI=1S/C22H17N9O2/c1-3-14-15-18(28-27-14)26-19(31(22(15)33)13-8-5-4-6-9-13)12(2)25-21(32)16-17(23)29-30-11-7-10-24-20(16)30/h1,4-12H,2H3,(H2,23,29)(H,25,32)(H,27,28)/t12-/m1/s1. The van der Waals surface area contributed by atoms with Crippen molar-refractivity contribution in [2.45, 2.75) is 13.0 Å². The van der Waals surface area contributed by atoms with Gasteiger partial charge in [0.05, 0.1) is 11.7 Å². The highest BCUT2D eigenvalue weighted by Gasteiger charge is 2.25. The summed E-state index contributed by atoms with van der Waals surface area (Å²) in [4.78, 5) is 35.3. The zero-order chi connectivity index (χ0) is 23.1. The minimum Gasteiger partial charge on any atom is -0.381 e. The summed E-state index contributed by atoms with van der Waals surface area (Å²) >= 11 is 0. The SMILES string of the molecule is C#Cc1n[nH]c2nc([C@@H](C)NC(=O)c3c(N)nn4cccnc34)n(-c3ccccc3)c(=O)c12. The number of nitrogens with one attached hydrogen (secondary N) is 2. The van der Waals surface area contributed by atoms with Crippen molar-refractivity contribution in [2.24, 2.45) is 0 Å². The quantitative estimate of drug-likeness (QED) is 0.356. The number of para-hydroxylation sites is 1. The molecule has 11 nitrogen and oxygen atoms in total. The number of H-pyrrole nitrogens is 1. The maximum Gasteiger partial charge on any atom is 0.270 e. The fourth-order valence-electron chi connectivity index (χ4n) is 3.67. The molecule has 5 aromatic rings. The topological polar surface area (TPSA) is 149 Å². The predicted octanol–water partition coefficient (Wildman–Crippen LogP) is 1.21. The van der Waals surface area contributed by atoms with Crippen LogP contribution in [0.1, 0.15) is 34.8 Å². The van der Waals surface area contributed by atoms with Crippen molar-refractivity contribution < 1.29 is 4.79 Å². The molecule has 1 atom stereocenters. The Labute approximate surface area is 186 Å². The fourth-order valence-corrected chi connectivity index (χ4v) is 3.67. The van der Waals surface area contributed by atoms with Crippen molar-refractivity contribution >= 4 is 28.4 Å². The van der Waals surface area contributed by atoms with Crippen molar-refractivity contribution in [1.82, 2.24) is 39.7 Å². The Hall–Kier alpha value is -4.98. The molecule has 0 saturated carbocycles. The van der Waals surface area contributed by atoms with E-state index in [1.54, 1.807) is 49.6 Å². The summed E-state index contributed by atoms with van der Waals surface area (Å²) in [6, 6.07) is 9.91. The first-order chi connectivity index (χ1) is 16.0. The van der Waals surface area contributed by atoms with E-state index < -0.39 is 17.5 Å². The second-order valence-electron chi connectivity index (χ2n) is 7.23. The normalized spacial score (nSPS) is 12.0. The number of nitrogen functional groups attached to an aromatic ring is 1. The fraction of sp³-hybridized carbons (Fsp3) is 0.0909. The smallest absolute Gasteiger partial charge is 0.270 e. The van der Waals surface area contributed by atoms with Gasteiger partial charge in [0.25, 0.3) is 11.5 Å². The van der Waals surface area contributed by atoms with Crippen LogP contribution in [0.5, 0.6) is 0 Å². The highest BCUT2D eigenvalue weighted by atomic mass is 16.2. The van der Waals surface area contributed by atoms with Gasteiger partial charge in [0.15, 0.2) is 17.1 Å². The largest absolute Gasteiger partial charge is 0.381 e. The number of amides is 1. The lowest BCUT2D eigenvalue weighted by molar-refractivity contribution is 0.0940. The number of benzene rings is 1. The minimum absolute atomic E-state index is 0.0366. The Kier molecular flexibility index (Phi) is 4.60. The number of hydrogen-bond acceptors (Lipinski definition) is 7. The number of carbonyl (C=O) groups is 1. The lowest BCUT2D eigenvalue weighted by Crippen LogP contribution is -2.33. The molecule has 0 aliphatic carbocycles. The molecule has 1 aromatic carbocycles. The number of aromatic amines is 1. The Morgan fingerprint density at radius 2 is 2.06 bits per heavy atom. The Morgan fingerprint density at radius 1 is 1.27 bits per heavy atom. The molecular weight excluding hydrogens is 422 g/mol. The van der Waals surface area contributed by atoms with Crippen LogP contribution in [0, 0.1) is 12.3 Å². The van der Waals surface area contributed by atoms with Gasteiger partial charge in [0.2, 0.25) is 0 Å². The van der Waals surface area contributed by atoms with Crippen molar-refractivity contribution in [1.29, 1.82) is 0 Å². The minimum atomic E-state index is -0.703. The van der Waals surface area contributed by atoms with Gasteiger partial charge in [-0.15, -0.1) is 11.5 Å². The number of anilines is 1. The molecule has 0 fully saturated rings. The van der Waals surface area contributed by atoms with Gasteiger partial charge >= 0.3 is 0 Å². The number of hydrogen-bond donors (Lipinski definition) is 3. The van der Waals surface area contributed by atoms with Gasteiger partial charge in [-0.05, 0) is 31.0 Å². The zero-order valence-electron chi connectivity index (χ0n) is 17.4. The van der Waals surface area contributed by atoms with Crippen LogP contribution in [0.25, 0.3) is 22.4 Å². The van der Waals surface area contributed by atoms with Gasteiger partial charge in [-0.1, -0.05) is 18.2 Å². The molecule has 0 unspecified atom stereocenters. The number of terminal acetylenes is 1. The first kappa shape index (κ1) is 20.0. The maximum absolute atomic E-state index is 13.4. The molecule has 162 valence electrons. The van der Waals surface area contributed by atoms with E-state index in [0.29, 0.717) is 11.3 Å². The number of nitrogens with zero attached hydrogens (tertiary/aromatic N) is 6. The number of carbonyl (C=O) groups excluding carboxylic acids is 1. The third-order valence-electron chi connectivity index (χ3n) is 5.16. The van der Waals surface area contributed by atoms with E-state index >= 15 is 0 Å². The molecule has 0 bridgehead atoms. The molecule has 0 aliphatic rings. The van der Waals surface area contributed by atoms with E-state index in [9.17, 15) is 9.59 Å². The van der Waals surface area contributed by atoms with Crippen molar-refractivity contribution in [2.75, 3.05) is 5.73 Å². The third kappa shape index (κ3) is 3.17. The van der Waals surface area contributed by atoms with Crippen LogP contribution in [-0.2, 0) is 0 Å². The summed E-state index contributed by atoms with van der Waals surface area (Å²) < 4.78 is 2.83. The number of rotatable bonds is 4. The Morgan fingerprint density at radius 3 is 2.82 bits per heavy atom. The summed E-state index contributed by atoms with van der Waals surface area (Å²) in [5.74, 6) is 2.21. The summed E-state index contributed by atoms with van der Waals surface area (Å²) in [6.07, 6.45) is 8.69. The van der Waals surface area contributed by atoms with Gasteiger partial charge in [-0.3, -0.25) is 19.3 Å². The Bertz CT molecular complexity index is 1620. The van der Waals surface area contributed by atoms with E-state index in [4.69, 9.17) is 12.2 Å². The van der Waals surface area contributed by atoms with Crippen LogP contribution in [-0.4, -0.2) is 40.3 Å². The first-order valence-corrected chi connectivity index (χ1v) is 9.92. The molecule has 0 aliphatic heterocycles. The maximum atomic E-state index is 13.4. The van der Waals surface area contributed by atoms with Crippen LogP contribution in [0.2, 0.25) is 0 Å². The van der Waals surface area contributed by atoms with E-state index in [1.165, 1.54) is 9.08 Å². The van der Waals surface area contributed by atoms with Crippen molar-refractivity contribution in [3.05, 3.63) is 76.2 Å². The molecule has 4 N–H and O–H groups in total. The third-order valence-corrected chi connectivity index (χ3v) is 5.16. The Balaban J connectivity index is 1.63. The molecule has 11 heteroatoms. The second-order valence-corrected chi connectivity index (χ2v) is 7.23. The van der Waals surface area contributed by atoms with E-state index in [-0.39, 0.29) is 33.9 Å². The van der Waals surface area contributed by atoms with Crippen molar-refractivity contribution in [3.8, 4) is 18.0 Å². The van der Waals surface area contributed by atoms with E-state index in [1.807, 2.05) is 6.07 Å². The molecule has 4 aromatic heterocycles. The number of nitrogens with two attached hydrogens (primary N) is 1. The highest BCUT2D eigenvalue weighted by Crippen LogP contribution is 2.21. The van der Waals surface area contributed by atoms with E-state index in [2.05, 4.69) is 36.5 Å². The highest BCUT2D eigenvalue weighted by molar-refractivity contribution is 6.04. The number of aromatic nitrogens is 7. The predicted molar refractivity (Wildman–Crippen MR) is 121 cm³/mol. The molecule has 33 heavy (non-hydrogen) atoms. The molecule has 5 rings (SSSR count). The molecular formula is C22H17N9O2. The van der Waals surface area contributed by atoms with Gasteiger partial charge in [0, 0.05) is 12.4 Å². The van der Waals surface area contributed by atoms with Gasteiger partial charge in [-0.25, -0.2) is 14.5 Å². The average molecular weight is 439 g/mol. The van der Waals surface area contributed by atoms with Crippen LogP contribution in [0.4, 0.5) is 5.82 Å². The van der Waals surface area contributed by atoms with Crippen LogP contribution >= 0.6 is 0 Å². The molecule has 4 heterocycles. The average Bonchev–Trinajstić information content (AvgIpc) is 3.39. The second kappa shape index (κ2) is 7.61. The molecule has 1 amide bonds. The van der Waals surface area contributed by atoms with Crippen LogP contribution in [0.3, 0.4) is 0 Å². The lowest BCUT2D eigenvalue weighted by atomic mass is 10.2. The van der Waals surface area contributed by atoms with E-state index in [0.717, 1.165) is 0 Å². The number of fused-ring (bicyclic) bond motifs is 2. The first-order valence-electron chi connectivity index (χ1n) is 9.92. The van der Waals surface area contributed by atoms with Crippen LogP contribution in [0.15, 0.2) is 53.6 Å².